The monoisotopic (exact) mass is 526 g/mol. The summed E-state index contributed by atoms with van der Waals surface area (Å²) in [7, 11) is 0. The molecule has 0 unspecified atom stereocenters. The van der Waals surface area contributed by atoms with Crippen molar-refractivity contribution in [3.63, 3.8) is 0 Å². The third kappa shape index (κ3) is 7.37. The summed E-state index contributed by atoms with van der Waals surface area (Å²) in [5.41, 5.74) is 3.06. The fraction of sp³-hybridized carbons (Fsp3) is 0.552. The Labute approximate surface area is 223 Å². The molecular formula is C29H38N2O7. The number of fused-ring (bicyclic) bond motifs is 3. The lowest BCUT2D eigenvalue weighted by Gasteiger charge is -2.44. The molecule has 206 valence electrons. The second kappa shape index (κ2) is 13.0. The molecule has 38 heavy (non-hydrogen) atoms. The second-order valence-electron chi connectivity index (χ2n) is 10.5. The molecule has 0 amide bonds. The van der Waals surface area contributed by atoms with Gasteiger partial charge in [0.1, 0.15) is 11.5 Å². The SMILES string of the molecule is C[C@H](CCCc1ccccc1)Oc1cc2c(c(OC(=O)CCCO[N+](=O)[O-])c1)[C@@H]1C[C@H](O)CC[C@H]1[C@H](C)N2. The van der Waals surface area contributed by atoms with Gasteiger partial charge < -0.3 is 24.7 Å². The average Bonchev–Trinajstić information content (AvgIpc) is 2.87. The van der Waals surface area contributed by atoms with Gasteiger partial charge in [0.05, 0.1) is 18.8 Å². The van der Waals surface area contributed by atoms with Crippen LogP contribution in [-0.4, -0.2) is 41.0 Å². The first kappa shape index (κ1) is 27.7. The molecule has 0 aromatic heterocycles. The van der Waals surface area contributed by atoms with E-state index in [4.69, 9.17) is 9.47 Å². The van der Waals surface area contributed by atoms with Crippen molar-refractivity contribution in [1.82, 2.24) is 0 Å². The minimum absolute atomic E-state index is 0.00978. The minimum Gasteiger partial charge on any atom is -0.491 e. The third-order valence-corrected chi connectivity index (χ3v) is 7.59. The van der Waals surface area contributed by atoms with E-state index in [9.17, 15) is 20.0 Å². The maximum absolute atomic E-state index is 12.7. The van der Waals surface area contributed by atoms with Crippen LogP contribution < -0.4 is 14.8 Å². The molecule has 0 spiro atoms. The van der Waals surface area contributed by atoms with Crippen molar-refractivity contribution in [1.29, 1.82) is 0 Å². The molecule has 9 heteroatoms. The van der Waals surface area contributed by atoms with Gasteiger partial charge in [-0.05, 0) is 76.2 Å². The predicted molar refractivity (Wildman–Crippen MR) is 143 cm³/mol. The smallest absolute Gasteiger partial charge is 0.311 e. The molecule has 2 aromatic carbocycles. The highest BCUT2D eigenvalue weighted by Gasteiger charge is 2.41. The van der Waals surface area contributed by atoms with Crippen LogP contribution in [0.5, 0.6) is 11.5 Å². The molecule has 0 saturated heterocycles. The van der Waals surface area contributed by atoms with E-state index < -0.39 is 17.2 Å². The molecule has 1 fully saturated rings. The molecule has 1 saturated carbocycles. The molecule has 4 rings (SSSR count). The molecule has 5 atom stereocenters. The number of aliphatic hydroxyl groups excluding tert-OH is 1. The Bertz CT molecular complexity index is 1090. The van der Waals surface area contributed by atoms with Crippen molar-refractivity contribution >= 4 is 11.7 Å². The summed E-state index contributed by atoms with van der Waals surface area (Å²) < 4.78 is 12.1. The highest BCUT2D eigenvalue weighted by atomic mass is 16.9. The molecule has 1 aliphatic heterocycles. The molecule has 9 nitrogen and oxygen atoms in total. The maximum Gasteiger partial charge on any atom is 0.311 e. The van der Waals surface area contributed by atoms with Crippen LogP contribution in [0.3, 0.4) is 0 Å². The zero-order valence-electron chi connectivity index (χ0n) is 22.1. The molecule has 0 bridgehead atoms. The molecule has 1 aliphatic carbocycles. The average molecular weight is 527 g/mol. The standard InChI is InChI=1S/C29H38N2O7/c1-19(8-6-11-21-9-4-3-5-10-21)37-23-17-26-29(25-16-22(32)13-14-24(25)20(2)30-26)27(18-23)38-28(33)12-7-15-36-31(34)35/h3-5,9-10,17-20,22,24-25,30,32H,6-8,11-16H2,1-2H3/t19-,20+,22-,24+,25-/m1/s1. The summed E-state index contributed by atoms with van der Waals surface area (Å²) in [4.78, 5) is 27.4. The van der Waals surface area contributed by atoms with E-state index in [2.05, 4.69) is 29.2 Å². The van der Waals surface area contributed by atoms with Crippen LogP contribution in [0.25, 0.3) is 0 Å². The molecule has 1 heterocycles. The van der Waals surface area contributed by atoms with Gasteiger partial charge in [0.2, 0.25) is 0 Å². The van der Waals surface area contributed by atoms with Crippen LogP contribution in [0.4, 0.5) is 5.69 Å². The van der Waals surface area contributed by atoms with E-state index >= 15 is 0 Å². The number of nitrogens with one attached hydrogen (secondary N) is 1. The van der Waals surface area contributed by atoms with Crippen LogP contribution in [0.2, 0.25) is 0 Å². The number of nitrogens with zero attached hydrogens (tertiary/aromatic N) is 1. The van der Waals surface area contributed by atoms with Gasteiger partial charge in [-0.1, -0.05) is 30.3 Å². The quantitative estimate of drug-likeness (QED) is 0.124. The zero-order valence-corrected chi connectivity index (χ0v) is 22.1. The van der Waals surface area contributed by atoms with Crippen LogP contribution in [0.1, 0.15) is 75.8 Å². The van der Waals surface area contributed by atoms with Gasteiger partial charge in [-0.25, -0.2) is 0 Å². The lowest BCUT2D eigenvalue weighted by molar-refractivity contribution is -0.757. The van der Waals surface area contributed by atoms with Crippen molar-refractivity contribution in [2.75, 3.05) is 11.9 Å². The number of aryl methyl sites for hydroxylation is 1. The van der Waals surface area contributed by atoms with Gasteiger partial charge in [0.15, 0.2) is 0 Å². The van der Waals surface area contributed by atoms with Gasteiger partial charge in [-0.15, -0.1) is 10.1 Å². The summed E-state index contributed by atoms with van der Waals surface area (Å²) in [5, 5.41) is 23.5. The van der Waals surface area contributed by atoms with E-state index in [1.165, 1.54) is 5.56 Å². The molecule has 2 aromatic rings. The summed E-state index contributed by atoms with van der Waals surface area (Å²) in [6, 6.07) is 14.3. The van der Waals surface area contributed by atoms with Gasteiger partial charge >= 0.3 is 5.97 Å². The molecular weight excluding hydrogens is 488 g/mol. The van der Waals surface area contributed by atoms with Gasteiger partial charge in [0, 0.05) is 35.8 Å². The van der Waals surface area contributed by atoms with E-state index in [1.807, 2.05) is 31.2 Å². The lowest BCUT2D eigenvalue weighted by Crippen LogP contribution is -2.40. The number of esters is 1. The van der Waals surface area contributed by atoms with E-state index in [1.54, 1.807) is 6.07 Å². The van der Waals surface area contributed by atoms with Crippen molar-refractivity contribution in [2.45, 2.75) is 89.4 Å². The topological polar surface area (TPSA) is 120 Å². The number of anilines is 1. The number of hydrogen-bond acceptors (Lipinski definition) is 8. The van der Waals surface area contributed by atoms with Gasteiger partial charge in [-0.2, -0.15) is 0 Å². The Hall–Kier alpha value is -3.33. The van der Waals surface area contributed by atoms with Crippen molar-refractivity contribution < 1.29 is 29.3 Å². The minimum atomic E-state index is -0.870. The third-order valence-electron chi connectivity index (χ3n) is 7.59. The number of carbonyl (C=O) groups excluding carboxylic acids is 1. The first-order valence-corrected chi connectivity index (χ1v) is 13.6. The van der Waals surface area contributed by atoms with Crippen LogP contribution in [-0.2, 0) is 16.1 Å². The molecule has 0 radical (unpaired) electrons. The number of ether oxygens (including phenoxy) is 2. The fourth-order valence-corrected chi connectivity index (χ4v) is 5.77. The number of hydrogen-bond donors (Lipinski definition) is 2. The highest BCUT2D eigenvalue weighted by molar-refractivity contribution is 5.75. The summed E-state index contributed by atoms with van der Waals surface area (Å²) in [6.45, 7) is 4.02. The Morgan fingerprint density at radius 1 is 1.21 bits per heavy atom. The summed E-state index contributed by atoms with van der Waals surface area (Å²) in [6.07, 6.45) is 4.84. The van der Waals surface area contributed by atoms with Crippen molar-refractivity contribution in [3.8, 4) is 11.5 Å². The molecule has 2 N–H and O–H groups in total. The predicted octanol–water partition coefficient (Wildman–Crippen LogP) is 5.43. The Morgan fingerprint density at radius 2 is 2.00 bits per heavy atom. The number of benzene rings is 2. The number of rotatable bonds is 12. The highest BCUT2D eigenvalue weighted by Crippen LogP contribution is 2.51. The summed E-state index contributed by atoms with van der Waals surface area (Å²) in [5.74, 6) is 0.935. The van der Waals surface area contributed by atoms with E-state index in [-0.39, 0.29) is 37.5 Å². The van der Waals surface area contributed by atoms with Crippen molar-refractivity contribution in [2.24, 2.45) is 5.92 Å². The largest absolute Gasteiger partial charge is 0.491 e. The first-order chi connectivity index (χ1) is 18.3. The fourth-order valence-electron chi connectivity index (χ4n) is 5.77. The Kier molecular flexibility index (Phi) is 9.44. The Morgan fingerprint density at radius 3 is 2.76 bits per heavy atom. The first-order valence-electron chi connectivity index (χ1n) is 13.6. The lowest BCUT2D eigenvalue weighted by atomic mass is 9.68. The van der Waals surface area contributed by atoms with Gasteiger partial charge in [0.25, 0.3) is 5.09 Å². The molecule has 2 aliphatic rings. The second-order valence-corrected chi connectivity index (χ2v) is 10.5. The van der Waals surface area contributed by atoms with Gasteiger partial charge in [-0.3, -0.25) is 4.79 Å². The summed E-state index contributed by atoms with van der Waals surface area (Å²) >= 11 is 0. The normalized spacial score (nSPS) is 22.8. The number of carbonyl (C=O) groups is 1. The van der Waals surface area contributed by atoms with Crippen LogP contribution in [0.15, 0.2) is 42.5 Å². The number of aliphatic hydroxyl groups is 1. The van der Waals surface area contributed by atoms with E-state index in [0.29, 0.717) is 23.8 Å². The van der Waals surface area contributed by atoms with E-state index in [0.717, 1.165) is 43.4 Å². The maximum atomic E-state index is 12.7. The van der Waals surface area contributed by atoms with Crippen molar-refractivity contribution in [3.05, 3.63) is 63.7 Å². The Balaban J connectivity index is 1.49. The zero-order chi connectivity index (χ0) is 27.1. The van der Waals surface area contributed by atoms with Crippen LogP contribution >= 0.6 is 0 Å². The van der Waals surface area contributed by atoms with Crippen LogP contribution in [0, 0.1) is 16.0 Å².